The van der Waals surface area contributed by atoms with Crippen LogP contribution in [0.25, 0.3) is 0 Å². The molecule has 0 aliphatic carbocycles. The Hall–Kier alpha value is -0.870. The van der Waals surface area contributed by atoms with Gasteiger partial charge in [0.05, 0.1) is 10.9 Å². The van der Waals surface area contributed by atoms with E-state index in [-0.39, 0.29) is 11.8 Å². The summed E-state index contributed by atoms with van der Waals surface area (Å²) in [6.07, 6.45) is 2.12. The molecule has 1 aliphatic heterocycles. The summed E-state index contributed by atoms with van der Waals surface area (Å²) in [4.78, 5) is 13.9. The topological polar surface area (TPSA) is 32.3 Å². The van der Waals surface area contributed by atoms with Gasteiger partial charge in [0.25, 0.3) is 0 Å². The fourth-order valence-corrected chi connectivity index (χ4v) is 2.61. The predicted octanol–water partition coefficient (Wildman–Crippen LogP) is 1.71. The number of piperidine rings is 1. The number of hydrogen-bond acceptors (Lipinski definition) is 3. The molecule has 1 aliphatic rings. The molecule has 0 saturated carbocycles. The molecule has 1 fully saturated rings. The van der Waals surface area contributed by atoms with E-state index < -0.39 is 0 Å². The van der Waals surface area contributed by atoms with Gasteiger partial charge in [-0.1, -0.05) is 0 Å². The Balaban J connectivity index is 2.00. The maximum absolute atomic E-state index is 12.1. The molecule has 1 aromatic heterocycles. The minimum absolute atomic E-state index is 0.158. The number of thiophene rings is 1. The van der Waals surface area contributed by atoms with Gasteiger partial charge in [0.1, 0.15) is 0 Å². The van der Waals surface area contributed by atoms with Crippen LogP contribution in [0.5, 0.6) is 0 Å². The first-order chi connectivity index (χ1) is 7.29. The van der Waals surface area contributed by atoms with E-state index in [4.69, 9.17) is 0 Å². The monoisotopic (exact) mass is 224 g/mol. The van der Waals surface area contributed by atoms with Crippen molar-refractivity contribution in [3.05, 3.63) is 17.5 Å². The standard InChI is InChI=1S/C11H16N2OS/c1-13(10-5-3-7-15-10)11(14)9-4-2-6-12-8-9/h3,5,7,9,12H,2,4,6,8H2,1H3. The van der Waals surface area contributed by atoms with Gasteiger partial charge < -0.3 is 10.2 Å². The average molecular weight is 224 g/mol. The number of rotatable bonds is 2. The van der Waals surface area contributed by atoms with Crippen LogP contribution < -0.4 is 10.2 Å². The summed E-state index contributed by atoms with van der Waals surface area (Å²) in [7, 11) is 1.86. The van der Waals surface area contributed by atoms with E-state index in [1.807, 2.05) is 24.6 Å². The normalized spacial score (nSPS) is 21.3. The lowest BCUT2D eigenvalue weighted by molar-refractivity contribution is -0.122. The lowest BCUT2D eigenvalue weighted by Crippen LogP contribution is -2.41. The molecule has 1 N–H and O–H groups in total. The van der Waals surface area contributed by atoms with Crippen LogP contribution in [0, 0.1) is 5.92 Å². The molecular formula is C11H16N2OS. The fraction of sp³-hybridized carbons (Fsp3) is 0.545. The molecule has 0 radical (unpaired) electrons. The summed E-state index contributed by atoms with van der Waals surface area (Å²) in [5, 5.41) is 6.30. The highest BCUT2D eigenvalue weighted by Crippen LogP contribution is 2.23. The van der Waals surface area contributed by atoms with E-state index in [2.05, 4.69) is 5.32 Å². The van der Waals surface area contributed by atoms with E-state index in [1.54, 1.807) is 16.2 Å². The van der Waals surface area contributed by atoms with Crippen molar-refractivity contribution in [3.63, 3.8) is 0 Å². The van der Waals surface area contributed by atoms with Crippen molar-refractivity contribution in [1.82, 2.24) is 5.32 Å². The van der Waals surface area contributed by atoms with Gasteiger partial charge in [-0.3, -0.25) is 4.79 Å². The van der Waals surface area contributed by atoms with E-state index in [0.29, 0.717) is 0 Å². The first-order valence-corrected chi connectivity index (χ1v) is 6.19. The molecule has 4 heteroatoms. The summed E-state index contributed by atoms with van der Waals surface area (Å²) in [6, 6.07) is 3.96. The molecule has 0 bridgehead atoms. The zero-order chi connectivity index (χ0) is 10.7. The van der Waals surface area contributed by atoms with Crippen molar-refractivity contribution in [1.29, 1.82) is 0 Å². The molecule has 82 valence electrons. The number of carbonyl (C=O) groups excluding carboxylic acids is 1. The highest BCUT2D eigenvalue weighted by Gasteiger charge is 2.24. The van der Waals surface area contributed by atoms with Crippen LogP contribution in [-0.4, -0.2) is 26.0 Å². The lowest BCUT2D eigenvalue weighted by atomic mass is 9.98. The minimum Gasteiger partial charge on any atom is -0.316 e. The van der Waals surface area contributed by atoms with Crippen molar-refractivity contribution in [2.45, 2.75) is 12.8 Å². The molecule has 1 unspecified atom stereocenters. The maximum atomic E-state index is 12.1. The number of nitrogens with zero attached hydrogens (tertiary/aromatic N) is 1. The quantitative estimate of drug-likeness (QED) is 0.829. The average Bonchev–Trinajstić information content (AvgIpc) is 2.82. The van der Waals surface area contributed by atoms with Gasteiger partial charge in [0.2, 0.25) is 5.91 Å². The smallest absolute Gasteiger partial charge is 0.231 e. The first-order valence-electron chi connectivity index (χ1n) is 5.31. The first kappa shape index (κ1) is 10.6. The summed E-state index contributed by atoms with van der Waals surface area (Å²) >= 11 is 1.61. The third-order valence-corrected chi connectivity index (χ3v) is 3.76. The van der Waals surface area contributed by atoms with E-state index in [1.165, 1.54) is 0 Å². The second-order valence-corrected chi connectivity index (χ2v) is 4.82. The van der Waals surface area contributed by atoms with Gasteiger partial charge in [-0.2, -0.15) is 0 Å². The molecule has 1 aromatic rings. The Morgan fingerprint density at radius 1 is 1.67 bits per heavy atom. The second-order valence-electron chi connectivity index (χ2n) is 3.89. The number of anilines is 1. The lowest BCUT2D eigenvalue weighted by Gasteiger charge is -2.26. The Labute approximate surface area is 94.1 Å². The van der Waals surface area contributed by atoms with Crippen LogP contribution in [0.3, 0.4) is 0 Å². The molecule has 1 amide bonds. The van der Waals surface area contributed by atoms with Gasteiger partial charge in [0.15, 0.2) is 0 Å². The largest absolute Gasteiger partial charge is 0.316 e. The van der Waals surface area contributed by atoms with Crippen molar-refractivity contribution in [2.75, 3.05) is 25.0 Å². The third kappa shape index (κ3) is 2.38. The Morgan fingerprint density at radius 3 is 3.13 bits per heavy atom. The van der Waals surface area contributed by atoms with E-state index in [9.17, 15) is 4.79 Å². The zero-order valence-electron chi connectivity index (χ0n) is 8.90. The number of hydrogen-bond donors (Lipinski definition) is 1. The molecule has 2 heterocycles. The van der Waals surface area contributed by atoms with Crippen LogP contribution in [-0.2, 0) is 4.79 Å². The van der Waals surface area contributed by atoms with Crippen LogP contribution in [0.4, 0.5) is 5.00 Å². The van der Waals surface area contributed by atoms with Crippen LogP contribution in [0.1, 0.15) is 12.8 Å². The van der Waals surface area contributed by atoms with Gasteiger partial charge in [-0.05, 0) is 36.9 Å². The van der Waals surface area contributed by atoms with Gasteiger partial charge >= 0.3 is 0 Å². The van der Waals surface area contributed by atoms with Gasteiger partial charge in [-0.25, -0.2) is 0 Å². The van der Waals surface area contributed by atoms with E-state index >= 15 is 0 Å². The number of nitrogens with one attached hydrogen (secondary N) is 1. The molecule has 2 rings (SSSR count). The van der Waals surface area contributed by atoms with Crippen molar-refractivity contribution >= 4 is 22.2 Å². The van der Waals surface area contributed by atoms with Crippen molar-refractivity contribution in [2.24, 2.45) is 5.92 Å². The fourth-order valence-electron chi connectivity index (χ4n) is 1.91. The summed E-state index contributed by atoms with van der Waals surface area (Å²) < 4.78 is 0. The Morgan fingerprint density at radius 2 is 2.53 bits per heavy atom. The maximum Gasteiger partial charge on any atom is 0.231 e. The van der Waals surface area contributed by atoms with Crippen molar-refractivity contribution in [3.8, 4) is 0 Å². The zero-order valence-corrected chi connectivity index (χ0v) is 9.72. The molecule has 3 nitrogen and oxygen atoms in total. The second kappa shape index (κ2) is 4.77. The molecule has 1 saturated heterocycles. The molecule has 1 atom stereocenters. The number of amides is 1. The summed E-state index contributed by atoms with van der Waals surface area (Å²) in [6.45, 7) is 1.88. The highest BCUT2D eigenvalue weighted by molar-refractivity contribution is 7.14. The third-order valence-electron chi connectivity index (χ3n) is 2.81. The van der Waals surface area contributed by atoms with Crippen molar-refractivity contribution < 1.29 is 4.79 Å². The summed E-state index contributed by atoms with van der Waals surface area (Å²) in [5.41, 5.74) is 0. The van der Waals surface area contributed by atoms with E-state index in [0.717, 1.165) is 30.9 Å². The Kier molecular flexibility index (Phi) is 3.38. The molecule has 0 spiro atoms. The Bertz CT molecular complexity index is 317. The molecule has 15 heavy (non-hydrogen) atoms. The van der Waals surface area contributed by atoms with Gasteiger partial charge in [-0.15, -0.1) is 11.3 Å². The van der Waals surface area contributed by atoms with Crippen LogP contribution in [0.2, 0.25) is 0 Å². The SMILES string of the molecule is CN(C(=O)C1CCCNC1)c1cccs1. The summed E-state index contributed by atoms with van der Waals surface area (Å²) in [5.74, 6) is 0.399. The highest BCUT2D eigenvalue weighted by atomic mass is 32.1. The molecule has 0 aromatic carbocycles. The number of carbonyl (C=O) groups is 1. The van der Waals surface area contributed by atoms with Crippen LogP contribution >= 0.6 is 11.3 Å². The minimum atomic E-state index is 0.158. The predicted molar refractivity (Wildman–Crippen MR) is 63.3 cm³/mol. The van der Waals surface area contributed by atoms with Gasteiger partial charge in [0, 0.05) is 13.6 Å². The molecular weight excluding hydrogens is 208 g/mol. The van der Waals surface area contributed by atoms with Crippen LogP contribution in [0.15, 0.2) is 17.5 Å².